The molecule has 0 fully saturated rings. The maximum Gasteiger partial charge on any atom is 0.216 e. The molecule has 0 radical (unpaired) electrons. The van der Waals surface area contributed by atoms with Gasteiger partial charge in [0.25, 0.3) is 0 Å². The van der Waals surface area contributed by atoms with Gasteiger partial charge in [0.2, 0.25) is 10.0 Å². The molecule has 0 amide bonds. The van der Waals surface area contributed by atoms with Gasteiger partial charge in [0.1, 0.15) is 0 Å². The zero-order chi connectivity index (χ0) is 15.9. The Morgan fingerprint density at radius 1 is 0.952 bits per heavy atom. The number of aryl methyl sites for hydroxylation is 1. The van der Waals surface area contributed by atoms with Crippen molar-refractivity contribution in [1.82, 2.24) is 4.72 Å². The van der Waals surface area contributed by atoms with Gasteiger partial charge >= 0.3 is 0 Å². The Morgan fingerprint density at radius 2 is 1.52 bits per heavy atom. The summed E-state index contributed by atoms with van der Waals surface area (Å²) in [7, 11) is -3.20. The van der Waals surface area contributed by atoms with Gasteiger partial charge in [-0.3, -0.25) is 0 Å². The summed E-state index contributed by atoms with van der Waals surface area (Å²) in [4.78, 5) is 0. The maximum atomic E-state index is 11.8. The first-order valence-corrected chi connectivity index (χ1v) is 9.00. The van der Waals surface area contributed by atoms with Crippen LogP contribution in [-0.4, -0.2) is 26.3 Å². The fourth-order valence-electron chi connectivity index (χ4n) is 1.75. The predicted octanol–water partition coefficient (Wildman–Crippen LogP) is 3.30. The summed E-state index contributed by atoms with van der Waals surface area (Å²) in [5.74, 6) is 0. The van der Waals surface area contributed by atoms with E-state index < -0.39 is 14.8 Å². The molecule has 0 saturated heterocycles. The van der Waals surface area contributed by atoms with E-state index in [1.165, 1.54) is 5.56 Å². The van der Waals surface area contributed by atoms with Crippen molar-refractivity contribution in [2.45, 2.75) is 51.7 Å². The number of rotatable bonds is 8. The first kappa shape index (κ1) is 18.0. The largest absolute Gasteiger partial charge is 0.385 e. The highest BCUT2D eigenvalue weighted by atomic mass is 32.2. The van der Waals surface area contributed by atoms with Crippen molar-refractivity contribution >= 4 is 15.7 Å². The smallest absolute Gasteiger partial charge is 0.216 e. The third-order valence-electron chi connectivity index (χ3n) is 3.33. The van der Waals surface area contributed by atoms with Gasteiger partial charge in [-0.05, 0) is 52.7 Å². The second-order valence-corrected chi connectivity index (χ2v) is 8.88. The lowest BCUT2D eigenvalue weighted by Gasteiger charge is -2.19. The zero-order valence-electron chi connectivity index (χ0n) is 13.6. The van der Waals surface area contributed by atoms with Crippen molar-refractivity contribution in [2.24, 2.45) is 0 Å². The summed E-state index contributed by atoms with van der Waals surface area (Å²) in [5, 5.41) is 3.36. The van der Waals surface area contributed by atoms with Crippen LogP contribution < -0.4 is 10.0 Å². The van der Waals surface area contributed by atoms with Crippen molar-refractivity contribution < 1.29 is 8.42 Å². The minimum absolute atomic E-state index is 0.518. The Hall–Kier alpha value is -1.07. The molecule has 1 rings (SSSR count). The lowest BCUT2D eigenvalue weighted by Crippen LogP contribution is -2.39. The van der Waals surface area contributed by atoms with Gasteiger partial charge in [0.15, 0.2) is 0 Å². The van der Waals surface area contributed by atoms with Crippen LogP contribution >= 0.6 is 0 Å². The molecule has 0 atom stereocenters. The number of anilines is 1. The summed E-state index contributed by atoms with van der Waals surface area (Å²) >= 11 is 0. The molecule has 0 saturated carbocycles. The first-order valence-electron chi connectivity index (χ1n) is 7.52. The highest BCUT2D eigenvalue weighted by Crippen LogP contribution is 2.13. The highest BCUT2D eigenvalue weighted by Gasteiger charge is 2.27. The van der Waals surface area contributed by atoms with E-state index in [1.807, 2.05) is 0 Å². The maximum absolute atomic E-state index is 11.8. The number of unbranched alkanes of at least 4 members (excludes halogenated alkanes) is 2. The van der Waals surface area contributed by atoms with E-state index in [9.17, 15) is 8.42 Å². The molecule has 4 nitrogen and oxygen atoms in total. The van der Waals surface area contributed by atoms with Crippen LogP contribution in [-0.2, 0) is 10.0 Å². The molecule has 120 valence electrons. The summed E-state index contributed by atoms with van der Waals surface area (Å²) < 4.78 is 25.6. The van der Waals surface area contributed by atoms with Gasteiger partial charge in [-0.25, -0.2) is 13.1 Å². The average molecular weight is 312 g/mol. The molecule has 0 spiro atoms. The lowest BCUT2D eigenvalue weighted by molar-refractivity contribution is 0.540. The van der Waals surface area contributed by atoms with Gasteiger partial charge in [-0.15, -0.1) is 0 Å². The quantitative estimate of drug-likeness (QED) is 0.724. The Labute approximate surface area is 129 Å². The SMILES string of the molecule is Cc1ccc(NCCCCCNS(=O)(=O)C(C)(C)C)cc1. The van der Waals surface area contributed by atoms with Crippen molar-refractivity contribution in [3.63, 3.8) is 0 Å². The topological polar surface area (TPSA) is 58.2 Å². The van der Waals surface area contributed by atoms with E-state index >= 15 is 0 Å². The van der Waals surface area contributed by atoms with Crippen molar-refractivity contribution in [2.75, 3.05) is 18.4 Å². The van der Waals surface area contributed by atoms with E-state index in [2.05, 4.69) is 41.2 Å². The third kappa shape index (κ3) is 6.48. The van der Waals surface area contributed by atoms with E-state index in [1.54, 1.807) is 20.8 Å². The summed E-state index contributed by atoms with van der Waals surface area (Å²) in [5.41, 5.74) is 2.39. The van der Waals surface area contributed by atoms with Crippen molar-refractivity contribution in [3.05, 3.63) is 29.8 Å². The van der Waals surface area contributed by atoms with Crippen LogP contribution in [0.1, 0.15) is 45.6 Å². The summed E-state index contributed by atoms with van der Waals surface area (Å²) in [6.07, 6.45) is 2.90. The number of sulfonamides is 1. The Bertz CT molecular complexity index is 516. The molecule has 5 heteroatoms. The van der Waals surface area contributed by atoms with E-state index in [4.69, 9.17) is 0 Å². The van der Waals surface area contributed by atoms with Crippen LogP contribution in [0.4, 0.5) is 5.69 Å². The van der Waals surface area contributed by atoms with Gasteiger partial charge < -0.3 is 5.32 Å². The van der Waals surface area contributed by atoms with E-state index in [-0.39, 0.29) is 0 Å². The number of hydrogen-bond acceptors (Lipinski definition) is 3. The number of hydrogen-bond donors (Lipinski definition) is 2. The molecule has 0 bridgehead atoms. The Balaban J connectivity index is 2.12. The van der Waals surface area contributed by atoms with Crippen LogP contribution in [0.25, 0.3) is 0 Å². The number of benzene rings is 1. The first-order chi connectivity index (χ1) is 9.72. The van der Waals surface area contributed by atoms with Gasteiger partial charge in [-0.1, -0.05) is 24.1 Å². The molecule has 1 aromatic carbocycles. The van der Waals surface area contributed by atoms with Gasteiger partial charge in [0, 0.05) is 18.8 Å². The third-order valence-corrected chi connectivity index (χ3v) is 5.53. The fourth-order valence-corrected chi connectivity index (χ4v) is 2.60. The van der Waals surface area contributed by atoms with E-state index in [0.717, 1.165) is 31.5 Å². The zero-order valence-corrected chi connectivity index (χ0v) is 14.4. The standard InChI is InChI=1S/C16H28N2O2S/c1-14-8-10-15(11-9-14)17-12-6-5-7-13-18-21(19,20)16(2,3)4/h8-11,17-18H,5-7,12-13H2,1-4H3. The predicted molar refractivity (Wildman–Crippen MR) is 90.2 cm³/mol. The Morgan fingerprint density at radius 3 is 2.10 bits per heavy atom. The minimum atomic E-state index is -3.20. The monoisotopic (exact) mass is 312 g/mol. The van der Waals surface area contributed by atoms with E-state index in [0.29, 0.717) is 6.54 Å². The normalized spacial score (nSPS) is 12.4. The van der Waals surface area contributed by atoms with Crippen LogP contribution in [0.5, 0.6) is 0 Å². The average Bonchev–Trinajstić information content (AvgIpc) is 2.38. The molecule has 0 aliphatic rings. The van der Waals surface area contributed by atoms with Gasteiger partial charge in [-0.2, -0.15) is 0 Å². The number of nitrogens with one attached hydrogen (secondary N) is 2. The van der Waals surface area contributed by atoms with Crippen LogP contribution in [0.2, 0.25) is 0 Å². The molecule has 0 aromatic heterocycles. The molecular formula is C16H28N2O2S. The minimum Gasteiger partial charge on any atom is -0.385 e. The van der Waals surface area contributed by atoms with Crippen molar-refractivity contribution in [1.29, 1.82) is 0 Å². The molecule has 21 heavy (non-hydrogen) atoms. The molecule has 0 heterocycles. The highest BCUT2D eigenvalue weighted by molar-refractivity contribution is 7.90. The second kappa shape index (κ2) is 7.80. The summed E-state index contributed by atoms with van der Waals surface area (Å²) in [6, 6.07) is 8.33. The fraction of sp³-hybridized carbons (Fsp3) is 0.625. The Kier molecular flexibility index (Phi) is 6.68. The van der Waals surface area contributed by atoms with Crippen LogP contribution in [0.3, 0.4) is 0 Å². The molecule has 0 unspecified atom stereocenters. The van der Waals surface area contributed by atoms with Crippen LogP contribution in [0, 0.1) is 6.92 Å². The summed E-state index contributed by atoms with van der Waals surface area (Å²) in [6.45, 7) is 8.63. The molecule has 0 aliphatic heterocycles. The molecule has 2 N–H and O–H groups in total. The lowest BCUT2D eigenvalue weighted by atomic mass is 10.2. The molecular weight excluding hydrogens is 284 g/mol. The molecule has 1 aromatic rings. The van der Waals surface area contributed by atoms with Gasteiger partial charge in [0.05, 0.1) is 4.75 Å². The molecule has 0 aliphatic carbocycles. The van der Waals surface area contributed by atoms with Crippen molar-refractivity contribution in [3.8, 4) is 0 Å². The van der Waals surface area contributed by atoms with Crippen LogP contribution in [0.15, 0.2) is 24.3 Å². The second-order valence-electron chi connectivity index (χ2n) is 6.36.